The third-order valence-electron chi connectivity index (χ3n) is 6.79. The summed E-state index contributed by atoms with van der Waals surface area (Å²) in [4.78, 5) is 16.5. The summed E-state index contributed by atoms with van der Waals surface area (Å²) in [6, 6.07) is 8.49. The van der Waals surface area contributed by atoms with E-state index < -0.39 is 12.1 Å². The molecule has 0 spiro atoms. The van der Waals surface area contributed by atoms with Crippen molar-refractivity contribution in [3.05, 3.63) is 53.6 Å². The molecular weight excluding hydrogens is 427 g/mol. The van der Waals surface area contributed by atoms with Crippen LogP contribution in [0.5, 0.6) is 0 Å². The van der Waals surface area contributed by atoms with Gasteiger partial charge in [-0.2, -0.15) is 5.10 Å². The van der Waals surface area contributed by atoms with E-state index in [0.29, 0.717) is 31.9 Å². The fraction of sp³-hybridized carbons (Fsp3) is 0.375. The number of nitrogens with one attached hydrogen (secondary N) is 1. The van der Waals surface area contributed by atoms with Gasteiger partial charge in [-0.15, -0.1) is 0 Å². The Morgan fingerprint density at radius 1 is 1.18 bits per heavy atom. The van der Waals surface area contributed by atoms with Gasteiger partial charge in [-0.1, -0.05) is 0 Å². The minimum absolute atomic E-state index is 0.110. The van der Waals surface area contributed by atoms with Gasteiger partial charge in [0.2, 0.25) is 0 Å². The number of aliphatic carboxylic acids is 1. The number of ether oxygens (including phenoxy) is 2. The van der Waals surface area contributed by atoms with Gasteiger partial charge in [-0.3, -0.25) is 5.10 Å². The molecule has 2 aliphatic rings. The summed E-state index contributed by atoms with van der Waals surface area (Å²) in [6.45, 7) is 1.64. The van der Waals surface area contributed by atoms with Gasteiger partial charge in [0.05, 0.1) is 23.8 Å². The first-order valence-electron chi connectivity index (χ1n) is 11.2. The van der Waals surface area contributed by atoms with Gasteiger partial charge in [0.15, 0.2) is 11.8 Å². The SMILES string of the molecule is O=C(O)[C@@H]1CC(c2c(C3CCOCC3)n(-c3ccc(F)cc3)c3cc4cn[nH]c4nc23)CO1. The molecule has 1 aromatic carbocycles. The van der Waals surface area contributed by atoms with Crippen LogP contribution >= 0.6 is 0 Å². The molecule has 0 amide bonds. The van der Waals surface area contributed by atoms with Gasteiger partial charge in [-0.25, -0.2) is 14.2 Å². The van der Waals surface area contributed by atoms with Gasteiger partial charge < -0.3 is 19.1 Å². The highest BCUT2D eigenvalue weighted by Crippen LogP contribution is 2.44. The first kappa shape index (κ1) is 20.3. The average molecular weight is 450 g/mol. The minimum Gasteiger partial charge on any atom is -0.479 e. The number of benzene rings is 1. The standard InChI is InChI=1S/C24H23FN4O4/c25-16-1-3-17(4-2-16)29-18-9-14-11-26-28-23(14)27-21(18)20(15-10-19(24(30)31)33-12-15)22(29)13-5-7-32-8-6-13/h1-4,9,11,13,15,19H,5-8,10,12H2,(H,30,31)(H,26,27,28)/t15?,19-/m0/s1. The number of carboxylic acids is 1. The van der Waals surface area contributed by atoms with Crippen molar-refractivity contribution in [3.8, 4) is 5.69 Å². The summed E-state index contributed by atoms with van der Waals surface area (Å²) in [5.41, 5.74) is 5.32. The highest BCUT2D eigenvalue weighted by atomic mass is 19.1. The van der Waals surface area contributed by atoms with Crippen molar-refractivity contribution in [1.82, 2.24) is 19.7 Å². The van der Waals surface area contributed by atoms with Crippen molar-refractivity contribution in [2.75, 3.05) is 19.8 Å². The largest absolute Gasteiger partial charge is 0.479 e. The zero-order chi connectivity index (χ0) is 22.5. The Morgan fingerprint density at radius 3 is 2.70 bits per heavy atom. The first-order chi connectivity index (χ1) is 16.1. The van der Waals surface area contributed by atoms with Crippen LogP contribution in [0.25, 0.3) is 27.8 Å². The number of carbonyl (C=O) groups is 1. The number of H-pyrrole nitrogens is 1. The van der Waals surface area contributed by atoms with Crippen molar-refractivity contribution in [1.29, 1.82) is 0 Å². The van der Waals surface area contributed by atoms with E-state index in [4.69, 9.17) is 14.5 Å². The molecule has 2 N–H and O–H groups in total. The molecule has 1 unspecified atom stereocenters. The van der Waals surface area contributed by atoms with Crippen LogP contribution in [0.3, 0.4) is 0 Å². The number of aromatic nitrogens is 4. The maximum absolute atomic E-state index is 13.8. The highest BCUT2D eigenvalue weighted by Gasteiger charge is 2.38. The number of hydrogen-bond donors (Lipinski definition) is 2. The van der Waals surface area contributed by atoms with Gasteiger partial charge >= 0.3 is 5.97 Å². The van der Waals surface area contributed by atoms with Gasteiger partial charge in [0.1, 0.15) is 5.82 Å². The maximum Gasteiger partial charge on any atom is 0.332 e. The minimum atomic E-state index is -0.948. The van der Waals surface area contributed by atoms with Gasteiger partial charge in [0.25, 0.3) is 0 Å². The molecular formula is C24H23FN4O4. The average Bonchev–Trinajstić information content (AvgIpc) is 3.55. The number of aromatic amines is 1. The molecule has 0 bridgehead atoms. The van der Waals surface area contributed by atoms with E-state index in [0.717, 1.165) is 46.2 Å². The lowest BCUT2D eigenvalue weighted by atomic mass is 9.87. The number of rotatable bonds is 4. The Labute approximate surface area is 188 Å². The van der Waals surface area contributed by atoms with E-state index in [1.165, 1.54) is 12.1 Å². The van der Waals surface area contributed by atoms with E-state index in [1.54, 1.807) is 18.3 Å². The molecule has 6 rings (SSSR count). The molecule has 9 heteroatoms. The maximum atomic E-state index is 13.8. The van der Waals surface area contributed by atoms with Crippen LogP contribution in [0, 0.1) is 5.82 Å². The monoisotopic (exact) mass is 450 g/mol. The molecule has 0 saturated carbocycles. The number of nitrogens with zero attached hydrogens (tertiary/aromatic N) is 3. The van der Waals surface area contributed by atoms with Crippen molar-refractivity contribution in [2.45, 2.75) is 37.2 Å². The van der Waals surface area contributed by atoms with Crippen LogP contribution in [0.4, 0.5) is 4.39 Å². The molecule has 0 aliphatic carbocycles. The van der Waals surface area contributed by atoms with Crippen LogP contribution in [0.2, 0.25) is 0 Å². The second-order valence-corrected chi connectivity index (χ2v) is 8.75. The number of pyridine rings is 1. The smallest absolute Gasteiger partial charge is 0.332 e. The Kier molecular flexibility index (Phi) is 4.88. The van der Waals surface area contributed by atoms with Crippen LogP contribution in [0.1, 0.15) is 42.4 Å². The lowest BCUT2D eigenvalue weighted by Crippen LogP contribution is -2.19. The van der Waals surface area contributed by atoms with Crippen molar-refractivity contribution < 1.29 is 23.8 Å². The lowest BCUT2D eigenvalue weighted by Gasteiger charge is -2.26. The molecule has 2 atom stereocenters. The third-order valence-corrected chi connectivity index (χ3v) is 6.79. The normalized spacial score (nSPS) is 21.8. The highest BCUT2D eigenvalue weighted by molar-refractivity contribution is 5.94. The van der Waals surface area contributed by atoms with E-state index >= 15 is 0 Å². The number of carboxylic acid groups (broad SMARTS) is 1. The Bertz CT molecular complexity index is 1340. The summed E-state index contributed by atoms with van der Waals surface area (Å²) in [5, 5.41) is 17.5. The lowest BCUT2D eigenvalue weighted by molar-refractivity contribution is -0.147. The zero-order valence-corrected chi connectivity index (χ0v) is 17.8. The predicted octanol–water partition coefficient (Wildman–Crippen LogP) is 3.89. The summed E-state index contributed by atoms with van der Waals surface area (Å²) in [5.74, 6) is -1.16. The molecule has 2 saturated heterocycles. The Balaban J connectivity index is 1.65. The summed E-state index contributed by atoms with van der Waals surface area (Å²) < 4.78 is 27.2. The van der Waals surface area contributed by atoms with Gasteiger partial charge in [0, 0.05) is 47.4 Å². The Morgan fingerprint density at radius 2 is 1.97 bits per heavy atom. The van der Waals surface area contributed by atoms with E-state index in [-0.39, 0.29) is 17.7 Å². The van der Waals surface area contributed by atoms with Gasteiger partial charge in [-0.05, 0) is 49.6 Å². The van der Waals surface area contributed by atoms with Crippen molar-refractivity contribution in [2.24, 2.45) is 0 Å². The van der Waals surface area contributed by atoms with Crippen LogP contribution in [0.15, 0.2) is 36.5 Å². The molecule has 8 nitrogen and oxygen atoms in total. The summed E-state index contributed by atoms with van der Waals surface area (Å²) >= 11 is 0. The number of halogens is 1. The molecule has 2 aliphatic heterocycles. The molecule has 3 aromatic heterocycles. The second-order valence-electron chi connectivity index (χ2n) is 8.75. The fourth-order valence-electron chi connectivity index (χ4n) is 5.25. The molecule has 2 fully saturated rings. The number of hydrogen-bond acceptors (Lipinski definition) is 5. The van der Waals surface area contributed by atoms with Crippen LogP contribution < -0.4 is 0 Å². The third kappa shape index (κ3) is 3.39. The number of fused-ring (bicyclic) bond motifs is 2. The van der Waals surface area contributed by atoms with Crippen LogP contribution in [-0.4, -0.2) is 56.7 Å². The molecule has 5 heterocycles. The molecule has 33 heavy (non-hydrogen) atoms. The quantitative estimate of drug-likeness (QED) is 0.489. The molecule has 170 valence electrons. The molecule has 0 radical (unpaired) electrons. The van der Waals surface area contributed by atoms with Crippen molar-refractivity contribution in [3.63, 3.8) is 0 Å². The molecule has 4 aromatic rings. The second kappa shape index (κ2) is 7.93. The van der Waals surface area contributed by atoms with E-state index in [9.17, 15) is 14.3 Å². The summed E-state index contributed by atoms with van der Waals surface area (Å²) in [7, 11) is 0. The summed E-state index contributed by atoms with van der Waals surface area (Å²) in [6.07, 6.45) is 2.98. The first-order valence-corrected chi connectivity index (χ1v) is 11.2. The van der Waals surface area contributed by atoms with E-state index in [1.807, 2.05) is 6.07 Å². The van der Waals surface area contributed by atoms with Crippen molar-refractivity contribution >= 4 is 28.0 Å². The van der Waals surface area contributed by atoms with Crippen LogP contribution in [-0.2, 0) is 14.3 Å². The zero-order valence-electron chi connectivity index (χ0n) is 17.8. The Hall–Kier alpha value is -3.30. The fourth-order valence-corrected chi connectivity index (χ4v) is 5.25. The topological polar surface area (TPSA) is 102 Å². The predicted molar refractivity (Wildman–Crippen MR) is 118 cm³/mol. The van der Waals surface area contributed by atoms with E-state index in [2.05, 4.69) is 14.8 Å².